The summed E-state index contributed by atoms with van der Waals surface area (Å²) in [6.45, 7) is 37.4. The number of para-hydroxylation sites is 1. The maximum absolute atomic E-state index is 5.52. The predicted molar refractivity (Wildman–Crippen MR) is 305 cm³/mol. The zero-order valence-electron chi connectivity index (χ0n) is 47.4. The molecule has 0 spiro atoms. The van der Waals surface area contributed by atoms with Gasteiger partial charge in [0.25, 0.3) is 0 Å². The number of hydrogen-bond acceptors (Lipinski definition) is 7. The summed E-state index contributed by atoms with van der Waals surface area (Å²) in [4.78, 5) is 8.78. The molecule has 0 unspecified atom stereocenters. The van der Waals surface area contributed by atoms with Crippen LogP contribution in [0.4, 0.5) is 0 Å². The first-order chi connectivity index (χ1) is 33.6. The van der Waals surface area contributed by atoms with Gasteiger partial charge in [-0.05, 0) is 100 Å². The molecule has 0 radical (unpaired) electrons. The average Bonchev–Trinajstić information content (AvgIpc) is 4.10. The lowest BCUT2D eigenvalue weighted by molar-refractivity contribution is 0.230. The number of fused-ring (bicyclic) bond motifs is 5. The van der Waals surface area contributed by atoms with E-state index in [-0.39, 0.29) is 12.8 Å². The SMILES string of the molecule is C.CC(C)(C)CC1=CCc2ncccc21.CC(C)(C)Cc1cc2n(n1)CCCO2.CC(C)(C)Cc1cc2n(n1)CCCO2.Cn1cc(CC(C)(C)C)c2cccnc21.Cn1nc(CC(C)(C)C)c2ccccc21. The van der Waals surface area contributed by atoms with E-state index >= 15 is 0 Å². The van der Waals surface area contributed by atoms with Crippen molar-refractivity contribution in [3.05, 3.63) is 119 Å². The molecule has 10 rings (SSSR count). The number of hydrogen-bond donors (Lipinski definition) is 0. The van der Waals surface area contributed by atoms with Crippen molar-refractivity contribution in [1.82, 2.24) is 43.9 Å². The van der Waals surface area contributed by atoms with Crippen LogP contribution in [0.1, 0.15) is 164 Å². The molecular weight excluding hydrogens is 903 g/mol. The molecule has 0 amide bonds. The molecule has 398 valence electrons. The summed E-state index contributed by atoms with van der Waals surface area (Å²) >= 11 is 0. The number of nitrogens with zero attached hydrogens (tertiary/aromatic N) is 9. The number of allylic oxidation sites excluding steroid dienone is 2. The van der Waals surface area contributed by atoms with Crippen molar-refractivity contribution in [2.75, 3.05) is 13.2 Å². The Balaban J connectivity index is 0.000000169. The summed E-state index contributed by atoms with van der Waals surface area (Å²) in [6, 6.07) is 20.9. The molecule has 0 bridgehead atoms. The van der Waals surface area contributed by atoms with Crippen LogP contribution in [0.2, 0.25) is 0 Å². The minimum atomic E-state index is 0. The van der Waals surface area contributed by atoms with Crippen LogP contribution in [0, 0.1) is 27.1 Å². The van der Waals surface area contributed by atoms with Crippen molar-refractivity contribution in [2.24, 2.45) is 41.2 Å². The summed E-state index contributed by atoms with van der Waals surface area (Å²) < 4.78 is 19.1. The van der Waals surface area contributed by atoms with Gasteiger partial charge in [0.05, 0.1) is 41.5 Å². The second kappa shape index (κ2) is 24.1. The van der Waals surface area contributed by atoms with Gasteiger partial charge < -0.3 is 14.0 Å². The molecule has 7 aromatic rings. The minimum absolute atomic E-state index is 0. The van der Waals surface area contributed by atoms with E-state index in [0.29, 0.717) is 21.7 Å². The summed E-state index contributed by atoms with van der Waals surface area (Å²) in [5.74, 6) is 1.88. The molecule has 2 aliphatic heterocycles. The molecule has 0 atom stereocenters. The van der Waals surface area contributed by atoms with Crippen molar-refractivity contribution in [2.45, 2.75) is 176 Å². The lowest BCUT2D eigenvalue weighted by Gasteiger charge is -2.19. The van der Waals surface area contributed by atoms with Gasteiger partial charge in [0.1, 0.15) is 5.65 Å². The molecule has 0 fully saturated rings. The van der Waals surface area contributed by atoms with Crippen molar-refractivity contribution < 1.29 is 9.47 Å². The van der Waals surface area contributed by atoms with Gasteiger partial charge in [0.15, 0.2) is 0 Å². The van der Waals surface area contributed by atoms with Gasteiger partial charge in [-0.2, -0.15) is 15.3 Å². The number of ether oxygens (including phenoxy) is 2. The normalized spacial score (nSPS) is 14.2. The molecule has 11 heteroatoms. The molecule has 11 nitrogen and oxygen atoms in total. The highest BCUT2D eigenvalue weighted by Gasteiger charge is 2.22. The van der Waals surface area contributed by atoms with Gasteiger partial charge in [-0.1, -0.05) is 142 Å². The maximum Gasteiger partial charge on any atom is 0.211 e. The van der Waals surface area contributed by atoms with E-state index in [1.165, 1.54) is 44.4 Å². The first kappa shape index (κ1) is 58.2. The van der Waals surface area contributed by atoms with Crippen LogP contribution in [0.15, 0.2) is 85.3 Å². The van der Waals surface area contributed by atoms with Crippen molar-refractivity contribution in [1.29, 1.82) is 0 Å². The predicted octanol–water partition coefficient (Wildman–Crippen LogP) is 14.9. The van der Waals surface area contributed by atoms with Crippen LogP contribution >= 0.6 is 0 Å². The molecule has 6 aromatic heterocycles. The third kappa shape index (κ3) is 18.0. The first-order valence-corrected chi connectivity index (χ1v) is 26.4. The zero-order chi connectivity index (χ0) is 52.6. The molecule has 73 heavy (non-hydrogen) atoms. The van der Waals surface area contributed by atoms with Crippen LogP contribution < -0.4 is 9.47 Å². The highest BCUT2D eigenvalue weighted by molar-refractivity contribution is 5.82. The third-order valence-corrected chi connectivity index (χ3v) is 12.1. The van der Waals surface area contributed by atoms with Gasteiger partial charge >= 0.3 is 0 Å². The summed E-state index contributed by atoms with van der Waals surface area (Å²) in [7, 11) is 4.07. The number of pyridine rings is 2. The number of benzene rings is 1. The fourth-order valence-electron chi connectivity index (χ4n) is 9.38. The fourth-order valence-corrected chi connectivity index (χ4v) is 9.38. The van der Waals surface area contributed by atoms with Crippen molar-refractivity contribution >= 4 is 27.5 Å². The fraction of sp³-hybridized carbons (Fsp3) is 0.565. The lowest BCUT2D eigenvalue weighted by atomic mass is 9.86. The first-order valence-electron chi connectivity index (χ1n) is 26.4. The molecular formula is C62H93N9O2. The number of aryl methyl sites for hydroxylation is 4. The Kier molecular flexibility index (Phi) is 19.2. The quantitative estimate of drug-likeness (QED) is 0.169. The highest BCUT2D eigenvalue weighted by atomic mass is 16.5. The average molecular weight is 996 g/mol. The van der Waals surface area contributed by atoms with Crippen molar-refractivity contribution in [3.63, 3.8) is 0 Å². The molecule has 3 aliphatic rings. The molecule has 0 saturated heterocycles. The topological polar surface area (TPSA) is 103 Å². The maximum atomic E-state index is 5.52. The van der Waals surface area contributed by atoms with E-state index in [2.05, 4.69) is 202 Å². The Hall–Kier alpha value is -5.71. The highest BCUT2D eigenvalue weighted by Crippen LogP contribution is 2.35. The second-order valence-electron chi connectivity index (χ2n) is 26.1. The van der Waals surface area contributed by atoms with Gasteiger partial charge in [-0.15, -0.1) is 0 Å². The van der Waals surface area contributed by atoms with E-state index in [9.17, 15) is 0 Å². The van der Waals surface area contributed by atoms with Crippen LogP contribution in [-0.2, 0) is 59.3 Å². The van der Waals surface area contributed by atoms with Crippen LogP contribution in [0.5, 0.6) is 11.8 Å². The number of rotatable bonds is 5. The van der Waals surface area contributed by atoms with E-state index in [4.69, 9.17) is 9.47 Å². The molecule has 1 aliphatic carbocycles. The van der Waals surface area contributed by atoms with Crippen LogP contribution in [0.25, 0.3) is 27.5 Å². The van der Waals surface area contributed by atoms with Crippen LogP contribution in [-0.4, -0.2) is 57.1 Å². The van der Waals surface area contributed by atoms with E-state index in [0.717, 1.165) is 106 Å². The number of aromatic nitrogens is 9. The van der Waals surface area contributed by atoms with Crippen LogP contribution in [0.3, 0.4) is 0 Å². The third-order valence-electron chi connectivity index (χ3n) is 12.1. The summed E-state index contributed by atoms with van der Waals surface area (Å²) in [6.07, 6.45) is 16.7. The second-order valence-corrected chi connectivity index (χ2v) is 26.1. The van der Waals surface area contributed by atoms with Crippen molar-refractivity contribution in [3.8, 4) is 11.8 Å². The molecule has 0 saturated carbocycles. The smallest absolute Gasteiger partial charge is 0.211 e. The van der Waals surface area contributed by atoms with E-state index in [1.54, 1.807) is 0 Å². The minimum Gasteiger partial charge on any atom is -0.478 e. The Labute approximate surface area is 440 Å². The molecule has 1 aromatic carbocycles. The summed E-state index contributed by atoms with van der Waals surface area (Å²) in [5.41, 5.74) is 12.8. The summed E-state index contributed by atoms with van der Waals surface area (Å²) in [5, 5.41) is 16.2. The van der Waals surface area contributed by atoms with E-state index in [1.807, 2.05) is 45.6 Å². The van der Waals surface area contributed by atoms with Gasteiger partial charge in [0, 0.05) is 87.9 Å². The standard InChI is InChI=1S/2C13H18N2.C13H17N.2C11H18N2O.CH4/c1-13(2,3)8-10-9-15(4)12-11(10)6-5-7-14-12;1-13(2,3)9-11-10-7-5-6-8-12(10)15(4)14-11;1-13(2,3)9-10-6-7-12-11(10)5-4-8-14-12;2*1-11(2,3)8-9-7-10-13(12-9)5-4-6-14-10;/h5-7,9H,8H2,1-4H3;5-8H,9H2,1-4H3;4-6,8H,7,9H2,1-3H3;2*7H,4-6,8H2,1-3H3;1H4. The Bertz CT molecular complexity index is 2670. The van der Waals surface area contributed by atoms with Gasteiger partial charge in [0.2, 0.25) is 11.8 Å². The Morgan fingerprint density at radius 1 is 0.548 bits per heavy atom. The zero-order valence-corrected chi connectivity index (χ0v) is 47.4. The largest absolute Gasteiger partial charge is 0.478 e. The van der Waals surface area contributed by atoms with Gasteiger partial charge in [-0.25, -0.2) is 14.3 Å². The Morgan fingerprint density at radius 2 is 1.05 bits per heavy atom. The molecule has 8 heterocycles. The van der Waals surface area contributed by atoms with E-state index < -0.39 is 0 Å². The molecule has 0 N–H and O–H groups in total. The lowest BCUT2D eigenvalue weighted by Crippen LogP contribution is -2.15. The van der Waals surface area contributed by atoms with Gasteiger partial charge in [-0.3, -0.25) is 9.67 Å². The Morgan fingerprint density at radius 3 is 1.59 bits per heavy atom. The monoisotopic (exact) mass is 996 g/mol.